The quantitative estimate of drug-likeness (QED) is 0.605. The number of benzene rings is 3. The van der Waals surface area contributed by atoms with Gasteiger partial charge in [0.1, 0.15) is 12.4 Å². The van der Waals surface area contributed by atoms with E-state index in [2.05, 4.69) is 26.8 Å². The van der Waals surface area contributed by atoms with Crippen LogP contribution in [0.4, 0.5) is 0 Å². The molecule has 3 rings (SSSR count). The molecule has 3 aromatic carbocycles. The number of hydrazine groups is 1. The summed E-state index contributed by atoms with van der Waals surface area (Å²) in [5.41, 5.74) is 6.64. The molecule has 0 aromatic heterocycles. The molecule has 0 unspecified atom stereocenters. The maximum absolute atomic E-state index is 12.2. The normalized spacial score (nSPS) is 10.1. The molecule has 0 saturated heterocycles. The van der Waals surface area contributed by atoms with Crippen molar-refractivity contribution >= 4 is 27.7 Å². The number of para-hydroxylation sites is 1. The van der Waals surface area contributed by atoms with Crippen LogP contribution in [0.1, 0.15) is 26.3 Å². The highest BCUT2D eigenvalue weighted by atomic mass is 79.9. The smallest absolute Gasteiger partial charge is 0.269 e. The number of carbonyl (C=O) groups is 2. The molecule has 2 amide bonds. The molecule has 27 heavy (non-hydrogen) atoms. The monoisotopic (exact) mass is 424 g/mol. The lowest BCUT2D eigenvalue weighted by molar-refractivity contribution is 0.0846. The van der Waals surface area contributed by atoms with E-state index in [9.17, 15) is 9.59 Å². The molecule has 5 nitrogen and oxygen atoms in total. The predicted octanol–water partition coefficient (Wildman–Crippen LogP) is 4.10. The molecule has 2 N–H and O–H groups in total. The van der Waals surface area contributed by atoms with Gasteiger partial charge in [0.2, 0.25) is 0 Å². The second-order valence-electron chi connectivity index (χ2n) is 5.71. The van der Waals surface area contributed by atoms with Gasteiger partial charge in [-0.1, -0.05) is 46.3 Å². The fraction of sp³-hybridized carbons (Fsp3) is 0.0476. The van der Waals surface area contributed by atoms with E-state index in [1.54, 1.807) is 36.4 Å². The number of carbonyl (C=O) groups excluding carboxylic acids is 2. The lowest BCUT2D eigenvalue weighted by atomic mass is 10.1. The topological polar surface area (TPSA) is 67.4 Å². The van der Waals surface area contributed by atoms with Crippen LogP contribution in [0.25, 0.3) is 0 Å². The fourth-order valence-electron chi connectivity index (χ4n) is 2.29. The van der Waals surface area contributed by atoms with Gasteiger partial charge in [-0.25, -0.2) is 0 Å². The lowest BCUT2D eigenvalue weighted by Crippen LogP contribution is -2.41. The minimum Gasteiger partial charge on any atom is -0.489 e. The van der Waals surface area contributed by atoms with Crippen molar-refractivity contribution < 1.29 is 14.3 Å². The second kappa shape index (κ2) is 9.00. The Balaban J connectivity index is 1.51. The van der Waals surface area contributed by atoms with Crippen molar-refractivity contribution in [1.29, 1.82) is 0 Å². The summed E-state index contributed by atoms with van der Waals surface area (Å²) in [6.07, 6.45) is 0. The Morgan fingerprint density at radius 1 is 0.741 bits per heavy atom. The zero-order valence-corrected chi connectivity index (χ0v) is 15.9. The van der Waals surface area contributed by atoms with Crippen LogP contribution in [0.5, 0.6) is 5.75 Å². The Labute approximate surface area is 165 Å². The van der Waals surface area contributed by atoms with Gasteiger partial charge in [-0.15, -0.1) is 0 Å². The van der Waals surface area contributed by atoms with Gasteiger partial charge < -0.3 is 4.74 Å². The summed E-state index contributed by atoms with van der Waals surface area (Å²) in [7, 11) is 0. The van der Waals surface area contributed by atoms with E-state index in [4.69, 9.17) is 4.74 Å². The molecule has 0 atom stereocenters. The lowest BCUT2D eigenvalue weighted by Gasteiger charge is -2.09. The first kappa shape index (κ1) is 18.7. The molecule has 0 radical (unpaired) electrons. The van der Waals surface area contributed by atoms with E-state index >= 15 is 0 Å². The summed E-state index contributed by atoms with van der Waals surface area (Å²) in [4.78, 5) is 24.2. The minimum atomic E-state index is -0.393. The molecule has 0 aliphatic carbocycles. The van der Waals surface area contributed by atoms with E-state index in [-0.39, 0.29) is 5.91 Å². The summed E-state index contributed by atoms with van der Waals surface area (Å²) in [6, 6.07) is 23.3. The average molecular weight is 425 g/mol. The zero-order valence-electron chi connectivity index (χ0n) is 14.3. The van der Waals surface area contributed by atoms with E-state index in [1.165, 1.54) is 0 Å². The summed E-state index contributed by atoms with van der Waals surface area (Å²) in [5, 5.41) is 0. The van der Waals surface area contributed by atoms with Crippen molar-refractivity contribution in [3.05, 3.63) is 100 Å². The molecule has 0 saturated carbocycles. The van der Waals surface area contributed by atoms with Crippen LogP contribution < -0.4 is 15.6 Å². The molecule has 0 spiro atoms. The minimum absolute atomic E-state index is 0.385. The Bertz CT molecular complexity index is 910. The Morgan fingerprint density at radius 2 is 1.26 bits per heavy atom. The van der Waals surface area contributed by atoms with Crippen molar-refractivity contribution in [3.8, 4) is 5.75 Å². The number of amides is 2. The van der Waals surface area contributed by atoms with Gasteiger partial charge in [0.15, 0.2) is 0 Å². The van der Waals surface area contributed by atoms with E-state index in [0.717, 1.165) is 15.8 Å². The van der Waals surface area contributed by atoms with E-state index < -0.39 is 5.91 Å². The first-order valence-corrected chi connectivity index (χ1v) is 9.04. The Morgan fingerprint density at radius 3 is 1.81 bits per heavy atom. The first-order valence-electron chi connectivity index (χ1n) is 8.25. The maximum atomic E-state index is 12.2. The van der Waals surface area contributed by atoms with E-state index in [0.29, 0.717) is 17.7 Å². The Kier molecular flexibility index (Phi) is 6.22. The van der Waals surface area contributed by atoms with Gasteiger partial charge in [0.25, 0.3) is 11.8 Å². The van der Waals surface area contributed by atoms with Crippen molar-refractivity contribution in [2.24, 2.45) is 0 Å². The molecule has 0 heterocycles. The third-order valence-corrected chi connectivity index (χ3v) is 4.29. The van der Waals surface area contributed by atoms with Gasteiger partial charge in [0.05, 0.1) is 0 Å². The molecule has 0 fully saturated rings. The third kappa shape index (κ3) is 5.43. The predicted molar refractivity (Wildman–Crippen MR) is 106 cm³/mol. The average Bonchev–Trinajstić information content (AvgIpc) is 2.72. The second-order valence-corrected chi connectivity index (χ2v) is 6.63. The maximum Gasteiger partial charge on any atom is 0.269 e. The molecular formula is C21H17BrN2O3. The fourth-order valence-corrected chi connectivity index (χ4v) is 2.56. The van der Waals surface area contributed by atoms with Gasteiger partial charge in [-0.05, 0) is 54.1 Å². The highest BCUT2D eigenvalue weighted by Crippen LogP contribution is 2.12. The molecule has 6 heteroatoms. The first-order chi connectivity index (χ1) is 13.1. The van der Waals surface area contributed by atoms with Crippen LogP contribution in [0.3, 0.4) is 0 Å². The molecule has 3 aromatic rings. The van der Waals surface area contributed by atoms with Crippen LogP contribution >= 0.6 is 15.9 Å². The number of hydrogen-bond donors (Lipinski definition) is 2. The van der Waals surface area contributed by atoms with Crippen LogP contribution in [-0.4, -0.2) is 11.8 Å². The van der Waals surface area contributed by atoms with Crippen LogP contribution in [0.2, 0.25) is 0 Å². The molecule has 0 aliphatic heterocycles. The van der Waals surface area contributed by atoms with Crippen LogP contribution in [0.15, 0.2) is 83.3 Å². The van der Waals surface area contributed by atoms with E-state index in [1.807, 2.05) is 42.5 Å². The highest BCUT2D eigenvalue weighted by Gasteiger charge is 2.09. The molecule has 0 aliphatic rings. The number of rotatable bonds is 5. The Hall–Kier alpha value is -3.12. The number of nitrogens with one attached hydrogen (secondary N) is 2. The number of halogens is 1. The SMILES string of the molecule is O=C(NNC(=O)c1ccc(COc2ccccc2)cc1)c1ccc(Br)cc1. The standard InChI is InChI=1S/C21H17BrN2O3/c22-18-12-10-17(11-13-18)21(26)24-23-20(25)16-8-6-15(7-9-16)14-27-19-4-2-1-3-5-19/h1-13H,14H2,(H,23,25)(H,24,26). The van der Waals surface area contributed by atoms with Crippen molar-refractivity contribution in [2.75, 3.05) is 0 Å². The van der Waals surface area contributed by atoms with Crippen molar-refractivity contribution in [2.45, 2.75) is 6.61 Å². The van der Waals surface area contributed by atoms with Crippen molar-refractivity contribution in [3.63, 3.8) is 0 Å². The summed E-state index contributed by atoms with van der Waals surface area (Å²) >= 11 is 3.31. The van der Waals surface area contributed by atoms with Gasteiger partial charge in [-0.2, -0.15) is 0 Å². The van der Waals surface area contributed by atoms with Gasteiger partial charge >= 0.3 is 0 Å². The summed E-state index contributed by atoms with van der Waals surface area (Å²) in [5.74, 6) is 0.00898. The molecule has 136 valence electrons. The largest absolute Gasteiger partial charge is 0.489 e. The molecular weight excluding hydrogens is 408 g/mol. The van der Waals surface area contributed by atoms with Crippen LogP contribution in [0, 0.1) is 0 Å². The van der Waals surface area contributed by atoms with Gasteiger partial charge in [-0.3, -0.25) is 20.4 Å². The number of hydrogen-bond acceptors (Lipinski definition) is 3. The zero-order chi connectivity index (χ0) is 19.1. The van der Waals surface area contributed by atoms with Gasteiger partial charge in [0, 0.05) is 15.6 Å². The molecule has 0 bridgehead atoms. The summed E-state index contributed by atoms with van der Waals surface area (Å²) < 4.78 is 6.54. The summed E-state index contributed by atoms with van der Waals surface area (Å²) in [6.45, 7) is 0.409. The van der Waals surface area contributed by atoms with Crippen LogP contribution in [-0.2, 0) is 6.61 Å². The highest BCUT2D eigenvalue weighted by molar-refractivity contribution is 9.10. The number of ether oxygens (including phenoxy) is 1. The van der Waals surface area contributed by atoms with Crippen molar-refractivity contribution in [1.82, 2.24) is 10.9 Å². The third-order valence-electron chi connectivity index (χ3n) is 3.76.